The zero-order valence-electron chi connectivity index (χ0n) is 14.2. The van der Waals surface area contributed by atoms with Crippen LogP contribution in [-0.2, 0) is 17.9 Å². The third-order valence-electron chi connectivity index (χ3n) is 4.15. The predicted molar refractivity (Wildman–Crippen MR) is 91.7 cm³/mol. The summed E-state index contributed by atoms with van der Waals surface area (Å²) in [6.45, 7) is 6.93. The van der Waals surface area contributed by atoms with E-state index in [-0.39, 0.29) is 12.0 Å². The topological polar surface area (TPSA) is 54.7 Å². The first-order valence-corrected chi connectivity index (χ1v) is 8.38. The highest BCUT2D eigenvalue weighted by molar-refractivity contribution is 5.75. The SMILES string of the molecule is Cc1ccc2c(c1)CN(CCC(=O)NCc1ccco1)C[C@H](C)O2. The minimum Gasteiger partial charge on any atom is -0.489 e. The first kappa shape index (κ1) is 16.6. The van der Waals surface area contributed by atoms with E-state index in [4.69, 9.17) is 9.15 Å². The lowest BCUT2D eigenvalue weighted by molar-refractivity contribution is -0.121. The van der Waals surface area contributed by atoms with Gasteiger partial charge in [-0.2, -0.15) is 0 Å². The number of benzene rings is 1. The van der Waals surface area contributed by atoms with Crippen molar-refractivity contribution < 1.29 is 13.9 Å². The molecule has 0 saturated carbocycles. The average Bonchev–Trinajstić information content (AvgIpc) is 3.01. The van der Waals surface area contributed by atoms with Crippen LogP contribution in [-0.4, -0.2) is 30.0 Å². The van der Waals surface area contributed by atoms with Crippen LogP contribution in [0.1, 0.15) is 30.2 Å². The second-order valence-corrected chi connectivity index (χ2v) is 6.38. The summed E-state index contributed by atoms with van der Waals surface area (Å²) in [7, 11) is 0. The molecule has 1 amide bonds. The number of nitrogens with zero attached hydrogens (tertiary/aromatic N) is 1. The number of ether oxygens (including phenoxy) is 1. The Labute approximate surface area is 142 Å². The average molecular weight is 328 g/mol. The smallest absolute Gasteiger partial charge is 0.221 e. The molecule has 1 aromatic heterocycles. The Morgan fingerprint density at radius 1 is 1.38 bits per heavy atom. The number of fused-ring (bicyclic) bond motifs is 1. The number of nitrogens with one attached hydrogen (secondary N) is 1. The minimum atomic E-state index is 0.0358. The molecule has 2 aromatic rings. The van der Waals surface area contributed by atoms with Crippen molar-refractivity contribution in [2.75, 3.05) is 13.1 Å². The van der Waals surface area contributed by atoms with Gasteiger partial charge in [0.2, 0.25) is 5.91 Å². The summed E-state index contributed by atoms with van der Waals surface area (Å²) in [6.07, 6.45) is 2.19. The van der Waals surface area contributed by atoms with Crippen LogP contribution >= 0.6 is 0 Å². The molecule has 1 atom stereocenters. The van der Waals surface area contributed by atoms with Crippen molar-refractivity contribution in [1.29, 1.82) is 0 Å². The van der Waals surface area contributed by atoms with E-state index in [0.29, 0.717) is 19.5 Å². The lowest BCUT2D eigenvalue weighted by Crippen LogP contribution is -2.34. The molecule has 3 rings (SSSR count). The largest absolute Gasteiger partial charge is 0.489 e. The fraction of sp³-hybridized carbons (Fsp3) is 0.421. The minimum absolute atomic E-state index is 0.0358. The molecule has 24 heavy (non-hydrogen) atoms. The molecule has 0 fully saturated rings. The third kappa shape index (κ3) is 4.38. The molecule has 0 aliphatic carbocycles. The number of aryl methyl sites for hydroxylation is 1. The first-order valence-electron chi connectivity index (χ1n) is 8.38. The molecule has 1 N–H and O–H groups in total. The summed E-state index contributed by atoms with van der Waals surface area (Å²) in [4.78, 5) is 14.3. The van der Waals surface area contributed by atoms with Crippen LogP contribution < -0.4 is 10.1 Å². The Hall–Kier alpha value is -2.27. The van der Waals surface area contributed by atoms with Crippen molar-refractivity contribution in [2.24, 2.45) is 0 Å². The summed E-state index contributed by atoms with van der Waals surface area (Å²) >= 11 is 0. The van der Waals surface area contributed by atoms with Gasteiger partial charge < -0.3 is 14.5 Å². The molecule has 1 aliphatic heterocycles. The molecule has 0 bridgehead atoms. The molecule has 1 aliphatic rings. The number of carbonyl (C=O) groups excluding carboxylic acids is 1. The maximum absolute atomic E-state index is 12.0. The maximum Gasteiger partial charge on any atom is 0.221 e. The third-order valence-corrected chi connectivity index (χ3v) is 4.15. The van der Waals surface area contributed by atoms with Crippen molar-refractivity contribution in [3.05, 3.63) is 53.5 Å². The van der Waals surface area contributed by atoms with Gasteiger partial charge in [0.25, 0.3) is 0 Å². The maximum atomic E-state index is 12.0. The van der Waals surface area contributed by atoms with Gasteiger partial charge in [-0.3, -0.25) is 9.69 Å². The van der Waals surface area contributed by atoms with Gasteiger partial charge in [-0.1, -0.05) is 17.7 Å². The Morgan fingerprint density at radius 2 is 2.25 bits per heavy atom. The Kier molecular flexibility index (Phi) is 5.20. The van der Waals surface area contributed by atoms with E-state index in [1.165, 1.54) is 11.1 Å². The van der Waals surface area contributed by atoms with Crippen LogP contribution in [0.25, 0.3) is 0 Å². The molecule has 0 unspecified atom stereocenters. The number of hydrogen-bond donors (Lipinski definition) is 1. The van der Waals surface area contributed by atoms with Crippen molar-refractivity contribution in [3.63, 3.8) is 0 Å². The van der Waals surface area contributed by atoms with Crippen molar-refractivity contribution >= 4 is 5.91 Å². The van der Waals surface area contributed by atoms with Crippen molar-refractivity contribution in [3.8, 4) is 5.75 Å². The van der Waals surface area contributed by atoms with Crippen molar-refractivity contribution in [1.82, 2.24) is 10.2 Å². The fourth-order valence-electron chi connectivity index (χ4n) is 2.99. The lowest BCUT2D eigenvalue weighted by Gasteiger charge is -2.21. The normalized spacial score (nSPS) is 17.7. The summed E-state index contributed by atoms with van der Waals surface area (Å²) in [5.41, 5.74) is 2.42. The van der Waals surface area contributed by atoms with E-state index in [1.807, 2.05) is 18.2 Å². The van der Waals surface area contributed by atoms with Gasteiger partial charge in [-0.25, -0.2) is 0 Å². The van der Waals surface area contributed by atoms with E-state index >= 15 is 0 Å². The molecular weight excluding hydrogens is 304 g/mol. The highest BCUT2D eigenvalue weighted by atomic mass is 16.5. The van der Waals surface area contributed by atoms with Crippen LogP contribution in [0, 0.1) is 6.92 Å². The zero-order valence-corrected chi connectivity index (χ0v) is 14.2. The summed E-state index contributed by atoms with van der Waals surface area (Å²) in [6, 6.07) is 9.95. The van der Waals surface area contributed by atoms with Crippen LogP contribution in [0.3, 0.4) is 0 Å². The highest BCUT2D eigenvalue weighted by Gasteiger charge is 2.20. The Morgan fingerprint density at radius 3 is 3.04 bits per heavy atom. The van der Waals surface area contributed by atoms with Gasteiger partial charge in [-0.15, -0.1) is 0 Å². The monoisotopic (exact) mass is 328 g/mol. The molecule has 0 radical (unpaired) electrons. The van der Waals surface area contributed by atoms with E-state index in [9.17, 15) is 4.79 Å². The van der Waals surface area contributed by atoms with Gasteiger partial charge in [0.15, 0.2) is 0 Å². The van der Waals surface area contributed by atoms with Gasteiger partial charge in [0.1, 0.15) is 17.6 Å². The standard InChI is InChI=1S/C19H24N2O3/c1-14-5-6-18-16(10-14)13-21(12-15(2)24-18)8-7-19(22)20-11-17-4-3-9-23-17/h3-6,9-10,15H,7-8,11-13H2,1-2H3,(H,20,22)/t15-/m0/s1. The fourth-order valence-corrected chi connectivity index (χ4v) is 2.99. The summed E-state index contributed by atoms with van der Waals surface area (Å²) in [5, 5.41) is 2.89. The lowest BCUT2D eigenvalue weighted by atomic mass is 10.1. The molecule has 2 heterocycles. The van der Waals surface area contributed by atoms with Crippen LogP contribution in [0.2, 0.25) is 0 Å². The summed E-state index contributed by atoms with van der Waals surface area (Å²) in [5.74, 6) is 1.76. The predicted octanol–water partition coefficient (Wildman–Crippen LogP) is 2.88. The molecule has 128 valence electrons. The van der Waals surface area contributed by atoms with E-state index in [0.717, 1.165) is 24.6 Å². The number of rotatable bonds is 5. The van der Waals surface area contributed by atoms with E-state index < -0.39 is 0 Å². The number of furan rings is 1. The van der Waals surface area contributed by atoms with Crippen molar-refractivity contribution in [2.45, 2.75) is 39.5 Å². The molecular formula is C19H24N2O3. The first-order chi connectivity index (χ1) is 11.6. The van der Waals surface area contributed by atoms with Gasteiger partial charge in [-0.05, 0) is 32.0 Å². The van der Waals surface area contributed by atoms with Crippen LogP contribution in [0.15, 0.2) is 41.0 Å². The van der Waals surface area contributed by atoms with Gasteiger partial charge >= 0.3 is 0 Å². The highest BCUT2D eigenvalue weighted by Crippen LogP contribution is 2.26. The molecule has 5 nitrogen and oxygen atoms in total. The molecule has 0 spiro atoms. The van der Waals surface area contributed by atoms with Crippen LogP contribution in [0.4, 0.5) is 0 Å². The van der Waals surface area contributed by atoms with E-state index in [1.54, 1.807) is 6.26 Å². The Balaban J connectivity index is 1.53. The van der Waals surface area contributed by atoms with E-state index in [2.05, 4.69) is 36.2 Å². The van der Waals surface area contributed by atoms with Crippen LogP contribution in [0.5, 0.6) is 5.75 Å². The number of hydrogen-bond acceptors (Lipinski definition) is 4. The van der Waals surface area contributed by atoms with Gasteiger partial charge in [0, 0.05) is 31.6 Å². The molecule has 5 heteroatoms. The summed E-state index contributed by atoms with van der Waals surface area (Å²) < 4.78 is 11.2. The number of carbonyl (C=O) groups is 1. The quantitative estimate of drug-likeness (QED) is 0.917. The molecule has 0 saturated heterocycles. The number of amides is 1. The Bertz CT molecular complexity index is 682. The second-order valence-electron chi connectivity index (χ2n) is 6.38. The second kappa shape index (κ2) is 7.53. The van der Waals surface area contributed by atoms with Gasteiger partial charge in [0.05, 0.1) is 12.8 Å². The molecule has 1 aromatic carbocycles. The zero-order chi connectivity index (χ0) is 16.9.